The second-order valence-corrected chi connectivity index (χ2v) is 7.22. The Hall–Kier alpha value is -2.67. The zero-order chi connectivity index (χ0) is 17.7. The zero-order valence-electron chi connectivity index (χ0n) is 15.0. The maximum atomic E-state index is 6.03. The van der Waals surface area contributed by atoms with Crippen molar-refractivity contribution in [2.75, 3.05) is 19.7 Å². The number of fused-ring (bicyclic) bond motifs is 3. The van der Waals surface area contributed by atoms with Gasteiger partial charge in [-0.1, -0.05) is 6.07 Å². The van der Waals surface area contributed by atoms with Gasteiger partial charge in [-0.3, -0.25) is 0 Å². The lowest BCUT2D eigenvalue weighted by Crippen LogP contribution is -2.39. The minimum absolute atomic E-state index is 0.239. The van der Waals surface area contributed by atoms with Gasteiger partial charge in [0, 0.05) is 31.2 Å². The summed E-state index contributed by atoms with van der Waals surface area (Å²) in [6, 6.07) is 6.77. The van der Waals surface area contributed by atoms with E-state index < -0.39 is 0 Å². The molecule has 2 aliphatic rings. The van der Waals surface area contributed by atoms with Crippen LogP contribution in [0.3, 0.4) is 0 Å². The number of hydrogen-bond donors (Lipinski definition) is 1. The fraction of sp³-hybridized carbons (Fsp3) is 0.421. The van der Waals surface area contributed by atoms with E-state index in [4.69, 9.17) is 9.72 Å². The van der Waals surface area contributed by atoms with Crippen LogP contribution in [0.25, 0.3) is 22.9 Å². The standard InChI is InChI=1S/C19H22N6O/c1-12(2)25-19(21-11-22-25)16-10-24-5-6-26-17-7-13(14-8-20-9-14)3-4-15(17)18(24)23-16/h3-4,7,10-12,14,20H,5-6,8-9H2,1-2H3. The average Bonchev–Trinajstić information content (AvgIpc) is 3.17. The summed E-state index contributed by atoms with van der Waals surface area (Å²) < 4.78 is 10.1. The molecule has 3 aromatic rings. The number of hydrogen-bond acceptors (Lipinski definition) is 5. The summed E-state index contributed by atoms with van der Waals surface area (Å²) in [6.45, 7) is 7.69. The van der Waals surface area contributed by atoms with Crippen molar-refractivity contribution in [3.05, 3.63) is 36.3 Å². The molecule has 134 valence electrons. The van der Waals surface area contributed by atoms with Gasteiger partial charge in [-0.05, 0) is 31.5 Å². The SMILES string of the molecule is CC(C)n1ncnc1-c1cn2c(n1)-c1ccc(C3CNC3)cc1OCC2. The number of aromatic nitrogens is 5. The molecular weight excluding hydrogens is 328 g/mol. The van der Waals surface area contributed by atoms with Crippen molar-refractivity contribution in [3.63, 3.8) is 0 Å². The molecule has 2 aliphatic heterocycles. The topological polar surface area (TPSA) is 69.8 Å². The average molecular weight is 350 g/mol. The first kappa shape index (κ1) is 15.6. The maximum Gasteiger partial charge on any atom is 0.178 e. The van der Waals surface area contributed by atoms with E-state index in [2.05, 4.69) is 58.2 Å². The summed E-state index contributed by atoms with van der Waals surface area (Å²) >= 11 is 0. The molecule has 0 saturated carbocycles. The summed E-state index contributed by atoms with van der Waals surface area (Å²) in [7, 11) is 0. The normalized spacial score (nSPS) is 16.6. The summed E-state index contributed by atoms with van der Waals surface area (Å²) in [5.74, 6) is 3.26. The molecule has 4 heterocycles. The van der Waals surface area contributed by atoms with Gasteiger partial charge in [-0.25, -0.2) is 14.6 Å². The van der Waals surface area contributed by atoms with E-state index >= 15 is 0 Å². The number of imidazole rings is 1. The zero-order valence-corrected chi connectivity index (χ0v) is 15.0. The fourth-order valence-corrected chi connectivity index (χ4v) is 3.60. The van der Waals surface area contributed by atoms with Crippen LogP contribution in [0.15, 0.2) is 30.7 Å². The number of benzene rings is 1. The number of nitrogens with zero attached hydrogens (tertiary/aromatic N) is 5. The Balaban J connectivity index is 1.58. The number of rotatable bonds is 3. The summed E-state index contributed by atoms with van der Waals surface area (Å²) in [4.78, 5) is 9.32. The van der Waals surface area contributed by atoms with Gasteiger partial charge >= 0.3 is 0 Å². The van der Waals surface area contributed by atoms with E-state index in [0.717, 1.165) is 48.3 Å². The first-order chi connectivity index (χ1) is 12.7. The molecule has 2 aromatic heterocycles. The Morgan fingerprint density at radius 2 is 2.12 bits per heavy atom. The Bertz CT molecular complexity index is 953. The Kier molecular flexibility index (Phi) is 3.56. The second kappa shape index (κ2) is 5.95. The quantitative estimate of drug-likeness (QED) is 0.786. The number of nitrogens with one attached hydrogen (secondary N) is 1. The maximum absolute atomic E-state index is 6.03. The molecule has 0 atom stereocenters. The minimum atomic E-state index is 0.239. The summed E-state index contributed by atoms with van der Waals surface area (Å²) in [5, 5.41) is 7.66. The van der Waals surface area contributed by atoms with Crippen LogP contribution in [0.2, 0.25) is 0 Å². The predicted molar refractivity (Wildman–Crippen MR) is 98.2 cm³/mol. The molecule has 1 aromatic carbocycles. The molecule has 7 heteroatoms. The van der Waals surface area contributed by atoms with Crippen LogP contribution < -0.4 is 10.1 Å². The third-order valence-corrected chi connectivity index (χ3v) is 5.16. The highest BCUT2D eigenvalue weighted by Crippen LogP contribution is 2.36. The molecule has 1 saturated heterocycles. The van der Waals surface area contributed by atoms with Crippen molar-refractivity contribution in [1.82, 2.24) is 29.6 Å². The van der Waals surface area contributed by atoms with Crippen LogP contribution in [0.5, 0.6) is 5.75 Å². The monoisotopic (exact) mass is 350 g/mol. The Morgan fingerprint density at radius 1 is 1.23 bits per heavy atom. The molecule has 1 N–H and O–H groups in total. The van der Waals surface area contributed by atoms with Gasteiger partial charge in [0.05, 0.1) is 12.1 Å². The van der Waals surface area contributed by atoms with Crippen LogP contribution in [0.1, 0.15) is 31.4 Å². The third kappa shape index (κ3) is 2.42. The van der Waals surface area contributed by atoms with Crippen LogP contribution >= 0.6 is 0 Å². The van der Waals surface area contributed by atoms with Crippen molar-refractivity contribution < 1.29 is 4.74 Å². The van der Waals surface area contributed by atoms with Gasteiger partial charge in [-0.15, -0.1) is 0 Å². The molecule has 0 amide bonds. The lowest BCUT2D eigenvalue weighted by molar-refractivity contribution is 0.306. The van der Waals surface area contributed by atoms with E-state index in [0.29, 0.717) is 12.5 Å². The van der Waals surface area contributed by atoms with Crippen molar-refractivity contribution >= 4 is 0 Å². The van der Waals surface area contributed by atoms with Crippen LogP contribution in [-0.2, 0) is 6.54 Å². The highest BCUT2D eigenvalue weighted by molar-refractivity contribution is 5.69. The van der Waals surface area contributed by atoms with Crippen LogP contribution in [0, 0.1) is 0 Å². The first-order valence-corrected chi connectivity index (χ1v) is 9.15. The van der Waals surface area contributed by atoms with E-state index in [9.17, 15) is 0 Å². The molecule has 0 unspecified atom stereocenters. The lowest BCUT2D eigenvalue weighted by atomic mass is 9.92. The molecule has 0 radical (unpaired) electrons. The molecule has 5 rings (SSSR count). The molecule has 0 aliphatic carbocycles. The molecule has 0 bridgehead atoms. The van der Waals surface area contributed by atoms with Crippen LogP contribution in [-0.4, -0.2) is 44.0 Å². The fourth-order valence-electron chi connectivity index (χ4n) is 3.60. The van der Waals surface area contributed by atoms with Gasteiger partial charge in [0.2, 0.25) is 0 Å². The smallest absolute Gasteiger partial charge is 0.178 e. The number of ether oxygens (including phenoxy) is 1. The van der Waals surface area contributed by atoms with E-state index in [1.54, 1.807) is 6.33 Å². The molecular formula is C19H22N6O. The summed E-state index contributed by atoms with van der Waals surface area (Å²) in [6.07, 6.45) is 3.65. The van der Waals surface area contributed by atoms with Gasteiger partial charge in [0.1, 0.15) is 30.2 Å². The van der Waals surface area contributed by atoms with Crippen molar-refractivity contribution in [2.45, 2.75) is 32.4 Å². The molecule has 26 heavy (non-hydrogen) atoms. The van der Waals surface area contributed by atoms with Gasteiger partial charge < -0.3 is 14.6 Å². The van der Waals surface area contributed by atoms with E-state index in [1.807, 2.05) is 4.68 Å². The minimum Gasteiger partial charge on any atom is -0.491 e. The van der Waals surface area contributed by atoms with E-state index in [-0.39, 0.29) is 6.04 Å². The van der Waals surface area contributed by atoms with Gasteiger partial charge in [0.25, 0.3) is 0 Å². The largest absolute Gasteiger partial charge is 0.491 e. The predicted octanol–water partition coefficient (Wildman–Crippen LogP) is 2.47. The second-order valence-electron chi connectivity index (χ2n) is 7.22. The molecule has 1 fully saturated rings. The van der Waals surface area contributed by atoms with Gasteiger partial charge in [0.15, 0.2) is 5.82 Å². The van der Waals surface area contributed by atoms with Gasteiger partial charge in [-0.2, -0.15) is 5.10 Å². The third-order valence-electron chi connectivity index (χ3n) is 5.16. The Morgan fingerprint density at radius 3 is 2.88 bits per heavy atom. The highest BCUT2D eigenvalue weighted by Gasteiger charge is 2.24. The highest BCUT2D eigenvalue weighted by atomic mass is 16.5. The van der Waals surface area contributed by atoms with Crippen molar-refractivity contribution in [3.8, 4) is 28.7 Å². The van der Waals surface area contributed by atoms with Crippen molar-refractivity contribution in [2.24, 2.45) is 0 Å². The first-order valence-electron chi connectivity index (χ1n) is 9.15. The Labute approximate surface area is 152 Å². The van der Waals surface area contributed by atoms with Crippen LogP contribution in [0.4, 0.5) is 0 Å². The molecule has 0 spiro atoms. The molecule has 7 nitrogen and oxygen atoms in total. The summed E-state index contributed by atoms with van der Waals surface area (Å²) in [5.41, 5.74) is 3.23. The lowest BCUT2D eigenvalue weighted by Gasteiger charge is -2.28. The van der Waals surface area contributed by atoms with Crippen molar-refractivity contribution in [1.29, 1.82) is 0 Å². The van der Waals surface area contributed by atoms with E-state index in [1.165, 1.54) is 5.56 Å².